The Labute approximate surface area is 235 Å². The molecule has 4 heteroatoms. The minimum absolute atomic E-state index is 0.188. The van der Waals surface area contributed by atoms with E-state index in [2.05, 4.69) is 78.0 Å². The molecule has 0 N–H and O–H groups in total. The first-order valence-electron chi connectivity index (χ1n) is 14.9. The van der Waals surface area contributed by atoms with Crippen molar-refractivity contribution < 1.29 is 18.0 Å². The van der Waals surface area contributed by atoms with Gasteiger partial charge in [-0.1, -0.05) is 117 Å². The molecule has 0 heterocycles. The SMILES string of the molecule is CC.CC.CC.CC(F)(F)F.CC/C=C(\C=C(\C)C(C)CC)C1CCC(=O)CC1.CCc1ccc(C)cc1. The minimum atomic E-state index is -4.00. The van der Waals surface area contributed by atoms with Crippen molar-refractivity contribution in [3.05, 3.63) is 58.7 Å². The van der Waals surface area contributed by atoms with Crippen LogP contribution in [-0.2, 0) is 11.2 Å². The van der Waals surface area contributed by atoms with E-state index >= 15 is 0 Å². The standard InChI is InChI=1S/C17H28O.C9H12.C2H3F3.3C2H6/c1-5-7-16(12-14(4)13(3)6-2)15-8-10-17(18)11-9-15;1-3-9-6-4-8(2)5-7-9;1-2(3,4)5;3*1-2/h7,12-13,15H,5-6,8-11H2,1-4H3;4-7H,3H2,1-2H3;1H3;3*1-2H3/b14-12-,16-7+;;;;;. The van der Waals surface area contributed by atoms with Gasteiger partial charge in [-0.2, -0.15) is 13.2 Å². The summed E-state index contributed by atoms with van der Waals surface area (Å²) in [5, 5.41) is 0. The number of allylic oxidation sites excluding steroid dienone is 4. The number of hydrogen-bond donors (Lipinski definition) is 0. The number of aryl methyl sites for hydroxylation is 2. The molecule has 1 fully saturated rings. The molecule has 0 spiro atoms. The highest BCUT2D eigenvalue weighted by atomic mass is 19.4. The third-order valence-corrected chi connectivity index (χ3v) is 5.77. The van der Waals surface area contributed by atoms with Gasteiger partial charge in [0.2, 0.25) is 0 Å². The molecule has 1 aromatic carbocycles. The van der Waals surface area contributed by atoms with Crippen molar-refractivity contribution in [3.63, 3.8) is 0 Å². The van der Waals surface area contributed by atoms with E-state index in [1.54, 1.807) is 0 Å². The zero-order valence-corrected chi connectivity index (χ0v) is 27.1. The van der Waals surface area contributed by atoms with Crippen molar-refractivity contribution in [3.8, 4) is 0 Å². The van der Waals surface area contributed by atoms with E-state index in [1.807, 2.05) is 41.5 Å². The van der Waals surface area contributed by atoms with E-state index in [4.69, 9.17) is 0 Å². The number of carbonyl (C=O) groups is 1. The van der Waals surface area contributed by atoms with Gasteiger partial charge in [0.15, 0.2) is 0 Å². The van der Waals surface area contributed by atoms with Crippen LogP contribution in [0.15, 0.2) is 47.6 Å². The second-order valence-corrected chi connectivity index (χ2v) is 8.74. The summed E-state index contributed by atoms with van der Waals surface area (Å²) in [4.78, 5) is 11.3. The Morgan fingerprint density at radius 2 is 1.37 bits per heavy atom. The summed E-state index contributed by atoms with van der Waals surface area (Å²) in [6.45, 7) is 25.4. The zero-order valence-electron chi connectivity index (χ0n) is 27.1. The van der Waals surface area contributed by atoms with Crippen LogP contribution in [0.2, 0.25) is 0 Å². The second kappa shape index (κ2) is 28.2. The van der Waals surface area contributed by atoms with Crippen LogP contribution in [0.25, 0.3) is 0 Å². The molecule has 1 aliphatic rings. The van der Waals surface area contributed by atoms with Crippen molar-refractivity contribution in [2.24, 2.45) is 11.8 Å². The first-order valence-corrected chi connectivity index (χ1v) is 14.9. The number of carbonyl (C=O) groups excluding carboxylic acids is 1. The summed E-state index contributed by atoms with van der Waals surface area (Å²) in [7, 11) is 0. The van der Waals surface area contributed by atoms with Crippen molar-refractivity contribution in [1.82, 2.24) is 0 Å². The molecule has 0 aromatic heterocycles. The number of halogens is 3. The third-order valence-electron chi connectivity index (χ3n) is 5.77. The van der Waals surface area contributed by atoms with E-state index in [9.17, 15) is 18.0 Å². The average molecular weight is 543 g/mol. The quantitative estimate of drug-likeness (QED) is 0.327. The summed E-state index contributed by atoms with van der Waals surface area (Å²) in [6, 6.07) is 8.66. The molecule has 1 aliphatic carbocycles. The Hall–Kier alpha value is -1.84. The van der Waals surface area contributed by atoms with Crippen LogP contribution < -0.4 is 0 Å². The first-order chi connectivity index (χ1) is 17.9. The van der Waals surface area contributed by atoms with Gasteiger partial charge < -0.3 is 0 Å². The third kappa shape index (κ3) is 27.2. The van der Waals surface area contributed by atoms with E-state index in [0.717, 1.165) is 38.5 Å². The van der Waals surface area contributed by atoms with Gasteiger partial charge in [-0.25, -0.2) is 0 Å². The molecule has 1 saturated carbocycles. The maximum atomic E-state index is 11.3. The van der Waals surface area contributed by atoms with Crippen molar-refractivity contribution in [1.29, 1.82) is 0 Å². The molecule has 1 unspecified atom stereocenters. The molecular formula is C34H61F3O. The van der Waals surface area contributed by atoms with Gasteiger partial charge in [0.25, 0.3) is 0 Å². The van der Waals surface area contributed by atoms with Crippen molar-refractivity contribution in [2.45, 2.75) is 141 Å². The van der Waals surface area contributed by atoms with Gasteiger partial charge in [-0.15, -0.1) is 0 Å². The van der Waals surface area contributed by atoms with E-state index < -0.39 is 6.18 Å². The number of ketones is 1. The van der Waals surface area contributed by atoms with Crippen LogP contribution in [0.1, 0.15) is 133 Å². The lowest BCUT2D eigenvalue weighted by Crippen LogP contribution is -2.15. The lowest BCUT2D eigenvalue weighted by Gasteiger charge is -2.23. The predicted molar refractivity (Wildman–Crippen MR) is 165 cm³/mol. The predicted octanol–water partition coefficient (Wildman–Crippen LogP) is 12.3. The lowest BCUT2D eigenvalue weighted by atomic mass is 9.81. The Bertz CT molecular complexity index is 696. The van der Waals surface area contributed by atoms with Crippen molar-refractivity contribution in [2.75, 3.05) is 0 Å². The number of Topliss-reactive ketones (excluding diaryl/α,β-unsaturated/α-hetero) is 1. The zero-order chi connectivity index (χ0) is 30.7. The van der Waals surface area contributed by atoms with Gasteiger partial charge >= 0.3 is 6.18 Å². The Kier molecular flexibility index (Phi) is 32.0. The van der Waals surface area contributed by atoms with Crippen LogP contribution in [-0.4, -0.2) is 12.0 Å². The Morgan fingerprint density at radius 3 is 1.71 bits per heavy atom. The largest absolute Gasteiger partial charge is 0.386 e. The van der Waals surface area contributed by atoms with E-state index in [1.165, 1.54) is 28.7 Å². The highest BCUT2D eigenvalue weighted by Gasteiger charge is 2.21. The van der Waals surface area contributed by atoms with Crippen LogP contribution in [0.5, 0.6) is 0 Å². The molecule has 1 aromatic rings. The second-order valence-electron chi connectivity index (χ2n) is 8.74. The number of rotatable bonds is 6. The molecule has 2 rings (SSSR count). The summed E-state index contributed by atoms with van der Waals surface area (Å²) in [5.41, 5.74) is 5.71. The Morgan fingerprint density at radius 1 is 0.947 bits per heavy atom. The molecule has 1 atom stereocenters. The van der Waals surface area contributed by atoms with Gasteiger partial charge in [0.1, 0.15) is 5.78 Å². The van der Waals surface area contributed by atoms with Crippen LogP contribution in [0.4, 0.5) is 13.2 Å². The highest BCUT2D eigenvalue weighted by molar-refractivity contribution is 5.79. The number of alkyl halides is 3. The molecule has 0 amide bonds. The molecular weight excluding hydrogens is 481 g/mol. The summed E-state index contributed by atoms with van der Waals surface area (Å²) >= 11 is 0. The molecule has 38 heavy (non-hydrogen) atoms. The number of benzene rings is 1. The van der Waals surface area contributed by atoms with Crippen LogP contribution in [0, 0.1) is 18.8 Å². The van der Waals surface area contributed by atoms with Gasteiger partial charge in [-0.3, -0.25) is 4.79 Å². The summed E-state index contributed by atoms with van der Waals surface area (Å²) in [6.07, 6.45) is 7.83. The van der Waals surface area contributed by atoms with Gasteiger partial charge in [0, 0.05) is 19.8 Å². The van der Waals surface area contributed by atoms with E-state index in [0.29, 0.717) is 17.6 Å². The first kappa shape index (κ1) is 43.2. The van der Waals surface area contributed by atoms with Gasteiger partial charge in [0.05, 0.1) is 0 Å². The monoisotopic (exact) mass is 542 g/mol. The highest BCUT2D eigenvalue weighted by Crippen LogP contribution is 2.31. The van der Waals surface area contributed by atoms with E-state index in [-0.39, 0.29) is 6.92 Å². The minimum Gasteiger partial charge on any atom is -0.300 e. The summed E-state index contributed by atoms with van der Waals surface area (Å²) in [5.74, 6) is 1.72. The van der Waals surface area contributed by atoms with Crippen LogP contribution in [0.3, 0.4) is 0 Å². The molecule has 224 valence electrons. The van der Waals surface area contributed by atoms with Crippen molar-refractivity contribution >= 4 is 5.78 Å². The fourth-order valence-corrected chi connectivity index (χ4v) is 3.40. The van der Waals surface area contributed by atoms with Crippen LogP contribution >= 0.6 is 0 Å². The molecule has 0 aliphatic heterocycles. The topological polar surface area (TPSA) is 17.1 Å². The summed E-state index contributed by atoms with van der Waals surface area (Å²) < 4.78 is 31.1. The molecule has 0 bridgehead atoms. The fourth-order valence-electron chi connectivity index (χ4n) is 3.40. The Balaban J connectivity index is -0.000000241. The lowest BCUT2D eigenvalue weighted by molar-refractivity contribution is -0.120. The normalized spacial score (nSPS) is 14.4. The number of hydrogen-bond acceptors (Lipinski definition) is 1. The average Bonchev–Trinajstić information content (AvgIpc) is 2.91. The smallest absolute Gasteiger partial charge is 0.300 e. The fraction of sp³-hybridized carbons (Fsp3) is 0.676. The molecule has 1 nitrogen and oxygen atoms in total. The maximum Gasteiger partial charge on any atom is 0.386 e. The maximum absolute atomic E-state index is 11.3. The van der Waals surface area contributed by atoms with Gasteiger partial charge in [-0.05, 0) is 68.9 Å². The molecule has 0 radical (unpaired) electrons. The molecule has 0 saturated heterocycles.